The molecule has 160 valence electrons. The van der Waals surface area contributed by atoms with Crippen LogP contribution in [0.15, 0.2) is 53.3 Å². The number of ether oxygens (including phenoxy) is 1. The zero-order valence-electron chi connectivity index (χ0n) is 16.6. The first kappa shape index (κ1) is 21.2. The lowest BCUT2D eigenvalue weighted by Gasteiger charge is -2.41. The van der Waals surface area contributed by atoms with Crippen molar-refractivity contribution in [1.82, 2.24) is 9.88 Å². The molecule has 1 aromatic heterocycles. The van der Waals surface area contributed by atoms with Gasteiger partial charge in [0.05, 0.1) is 22.7 Å². The van der Waals surface area contributed by atoms with Crippen molar-refractivity contribution in [3.63, 3.8) is 0 Å². The summed E-state index contributed by atoms with van der Waals surface area (Å²) in [7, 11) is 1.28. The third kappa shape index (κ3) is 4.11. The summed E-state index contributed by atoms with van der Waals surface area (Å²) >= 11 is 12.2. The van der Waals surface area contributed by atoms with E-state index in [9.17, 15) is 14.4 Å². The third-order valence-corrected chi connectivity index (χ3v) is 6.10. The Bertz CT molecular complexity index is 1230. The highest BCUT2D eigenvalue weighted by molar-refractivity contribution is 6.42. The second-order valence-electron chi connectivity index (χ2n) is 7.17. The molecule has 31 heavy (non-hydrogen) atoms. The van der Waals surface area contributed by atoms with Gasteiger partial charge in [-0.05, 0) is 24.3 Å². The highest BCUT2D eigenvalue weighted by atomic mass is 35.5. The minimum Gasteiger partial charge on any atom is -0.467 e. The first-order valence-electron chi connectivity index (χ1n) is 9.60. The van der Waals surface area contributed by atoms with E-state index in [2.05, 4.69) is 4.98 Å². The van der Waals surface area contributed by atoms with Gasteiger partial charge in [0, 0.05) is 42.3 Å². The van der Waals surface area contributed by atoms with E-state index in [1.807, 2.05) is 11.0 Å². The van der Waals surface area contributed by atoms with E-state index in [1.165, 1.54) is 18.1 Å². The van der Waals surface area contributed by atoms with Crippen molar-refractivity contribution in [2.24, 2.45) is 0 Å². The molecule has 0 aliphatic carbocycles. The van der Waals surface area contributed by atoms with Gasteiger partial charge in [0.25, 0.3) is 5.91 Å². The molecule has 1 fully saturated rings. The number of aromatic nitrogens is 1. The van der Waals surface area contributed by atoms with Crippen LogP contribution in [-0.4, -0.2) is 54.5 Å². The van der Waals surface area contributed by atoms with Crippen LogP contribution in [0.3, 0.4) is 0 Å². The van der Waals surface area contributed by atoms with Gasteiger partial charge in [-0.2, -0.15) is 0 Å². The number of hydrogen-bond acceptors (Lipinski definition) is 5. The number of nitrogens with one attached hydrogen (secondary N) is 1. The molecule has 1 N–H and O–H groups in total. The molecule has 1 aliphatic rings. The van der Waals surface area contributed by atoms with Gasteiger partial charge < -0.3 is 19.5 Å². The van der Waals surface area contributed by atoms with Crippen molar-refractivity contribution in [2.45, 2.75) is 6.04 Å². The molecular formula is C22H19Cl2N3O4. The molecule has 1 unspecified atom stereocenters. The van der Waals surface area contributed by atoms with E-state index in [0.29, 0.717) is 27.5 Å². The van der Waals surface area contributed by atoms with Crippen LogP contribution in [0.25, 0.3) is 10.9 Å². The molecule has 1 amide bonds. The monoisotopic (exact) mass is 459 g/mol. The number of aromatic amines is 1. The number of carbonyl (C=O) groups excluding carboxylic acids is 2. The summed E-state index contributed by atoms with van der Waals surface area (Å²) < 4.78 is 4.97. The Morgan fingerprint density at radius 3 is 2.58 bits per heavy atom. The van der Waals surface area contributed by atoms with E-state index < -0.39 is 17.9 Å². The maximum absolute atomic E-state index is 13.4. The molecule has 9 heteroatoms. The number of piperazine rings is 1. The fourth-order valence-electron chi connectivity index (χ4n) is 3.82. The number of nitrogens with zero attached hydrogens (tertiary/aromatic N) is 2. The summed E-state index contributed by atoms with van der Waals surface area (Å²) in [6.07, 6.45) is 0. The van der Waals surface area contributed by atoms with Crippen LogP contribution in [0.2, 0.25) is 10.0 Å². The number of anilines is 1. The lowest BCUT2D eigenvalue weighted by Crippen LogP contribution is -2.58. The third-order valence-electron chi connectivity index (χ3n) is 5.36. The minimum absolute atomic E-state index is 0.220. The van der Waals surface area contributed by atoms with Crippen LogP contribution < -0.4 is 10.5 Å². The standard InChI is InChI=1S/C22H19Cl2N3O4/c1-31-22(30)19-12-26(13-6-7-16(23)17(24)10-13)8-9-27(19)21(29)15-11-20(28)25-18-5-3-2-4-14(15)18/h2-7,10-11,19H,8-9,12H2,1H3,(H,25,28). The van der Waals surface area contributed by atoms with E-state index in [4.69, 9.17) is 27.9 Å². The highest BCUT2D eigenvalue weighted by Crippen LogP contribution is 2.29. The molecule has 4 rings (SSSR count). The van der Waals surface area contributed by atoms with Gasteiger partial charge >= 0.3 is 5.97 Å². The van der Waals surface area contributed by atoms with Crippen molar-refractivity contribution < 1.29 is 14.3 Å². The van der Waals surface area contributed by atoms with Crippen LogP contribution in [-0.2, 0) is 9.53 Å². The normalized spacial score (nSPS) is 16.4. The molecule has 2 aromatic carbocycles. The molecule has 1 aliphatic heterocycles. The van der Waals surface area contributed by atoms with Gasteiger partial charge in [0.15, 0.2) is 0 Å². The number of carbonyl (C=O) groups is 2. The van der Waals surface area contributed by atoms with Crippen molar-refractivity contribution >= 4 is 51.7 Å². The smallest absolute Gasteiger partial charge is 0.330 e. The quantitative estimate of drug-likeness (QED) is 0.607. The number of esters is 1. The average Bonchev–Trinajstić information content (AvgIpc) is 2.78. The summed E-state index contributed by atoms with van der Waals surface area (Å²) in [6, 6.07) is 12.7. The SMILES string of the molecule is COC(=O)C1CN(c2ccc(Cl)c(Cl)c2)CCN1C(=O)c1cc(=O)[nH]c2ccccc12. The van der Waals surface area contributed by atoms with Crippen LogP contribution >= 0.6 is 23.2 Å². The molecule has 7 nitrogen and oxygen atoms in total. The lowest BCUT2D eigenvalue weighted by atomic mass is 10.0. The summed E-state index contributed by atoms with van der Waals surface area (Å²) in [6.45, 7) is 0.954. The predicted octanol–water partition coefficient (Wildman–Crippen LogP) is 3.34. The molecule has 0 spiro atoms. The topological polar surface area (TPSA) is 82.7 Å². The molecule has 0 saturated carbocycles. The van der Waals surface area contributed by atoms with Crippen LogP contribution in [0.4, 0.5) is 5.69 Å². The first-order valence-corrected chi connectivity index (χ1v) is 10.4. The van der Waals surface area contributed by atoms with E-state index >= 15 is 0 Å². The number of pyridine rings is 1. The van der Waals surface area contributed by atoms with Gasteiger partial charge in [-0.15, -0.1) is 0 Å². The molecule has 0 radical (unpaired) electrons. The van der Waals surface area contributed by atoms with E-state index in [1.54, 1.807) is 36.4 Å². The number of benzene rings is 2. The van der Waals surface area contributed by atoms with Crippen molar-refractivity contribution in [1.29, 1.82) is 0 Å². The summed E-state index contributed by atoms with van der Waals surface area (Å²) in [5.41, 5.74) is 1.21. The van der Waals surface area contributed by atoms with E-state index in [-0.39, 0.29) is 24.2 Å². The average molecular weight is 460 g/mol. The fourth-order valence-corrected chi connectivity index (χ4v) is 4.11. The molecular weight excluding hydrogens is 441 g/mol. The van der Waals surface area contributed by atoms with Gasteiger partial charge in [-0.25, -0.2) is 4.79 Å². The first-order chi connectivity index (χ1) is 14.9. The van der Waals surface area contributed by atoms with Crippen molar-refractivity contribution in [3.8, 4) is 0 Å². The number of fused-ring (bicyclic) bond motifs is 1. The lowest BCUT2D eigenvalue weighted by molar-refractivity contribution is -0.146. The number of hydrogen-bond donors (Lipinski definition) is 1. The zero-order chi connectivity index (χ0) is 22.1. The zero-order valence-corrected chi connectivity index (χ0v) is 18.1. The molecule has 2 heterocycles. The molecule has 1 saturated heterocycles. The molecule has 3 aromatic rings. The van der Waals surface area contributed by atoms with Gasteiger partial charge in [-0.1, -0.05) is 41.4 Å². The van der Waals surface area contributed by atoms with Crippen LogP contribution in [0.1, 0.15) is 10.4 Å². The second kappa shape index (κ2) is 8.61. The Balaban J connectivity index is 1.68. The number of rotatable bonds is 3. The molecule has 0 bridgehead atoms. The number of para-hydroxylation sites is 1. The molecule has 1 atom stereocenters. The minimum atomic E-state index is -0.848. The maximum atomic E-state index is 13.4. The Morgan fingerprint density at radius 1 is 1.06 bits per heavy atom. The Kier molecular flexibility index (Phi) is 5.89. The predicted molar refractivity (Wildman–Crippen MR) is 120 cm³/mol. The Morgan fingerprint density at radius 2 is 1.84 bits per heavy atom. The largest absolute Gasteiger partial charge is 0.467 e. The van der Waals surface area contributed by atoms with Crippen LogP contribution in [0, 0.1) is 0 Å². The van der Waals surface area contributed by atoms with E-state index in [0.717, 1.165) is 5.69 Å². The fraction of sp³-hybridized carbons (Fsp3) is 0.227. The Hall–Kier alpha value is -3.03. The highest BCUT2D eigenvalue weighted by Gasteiger charge is 2.37. The van der Waals surface area contributed by atoms with Gasteiger partial charge in [0.1, 0.15) is 6.04 Å². The maximum Gasteiger partial charge on any atom is 0.330 e. The van der Waals surface area contributed by atoms with Gasteiger partial charge in [-0.3, -0.25) is 9.59 Å². The van der Waals surface area contributed by atoms with Gasteiger partial charge in [0.2, 0.25) is 5.56 Å². The van der Waals surface area contributed by atoms with Crippen LogP contribution in [0.5, 0.6) is 0 Å². The number of halogens is 2. The number of methoxy groups -OCH3 is 1. The summed E-state index contributed by atoms with van der Waals surface area (Å²) in [4.78, 5) is 44.3. The van der Waals surface area contributed by atoms with Crippen molar-refractivity contribution in [2.75, 3.05) is 31.6 Å². The summed E-state index contributed by atoms with van der Waals surface area (Å²) in [5, 5.41) is 1.45. The second-order valence-corrected chi connectivity index (χ2v) is 7.99. The summed E-state index contributed by atoms with van der Waals surface area (Å²) in [5.74, 6) is -0.932. The number of amides is 1. The Labute approximate surface area is 188 Å². The number of H-pyrrole nitrogens is 1. The van der Waals surface area contributed by atoms with Crippen molar-refractivity contribution in [3.05, 3.63) is 74.5 Å².